The predicted molar refractivity (Wildman–Crippen MR) is 93.3 cm³/mol. The molecule has 4 heteroatoms. The van der Waals surface area contributed by atoms with E-state index in [1.165, 1.54) is 5.56 Å². The van der Waals surface area contributed by atoms with Gasteiger partial charge in [-0.25, -0.2) is 0 Å². The summed E-state index contributed by atoms with van der Waals surface area (Å²) in [5, 5.41) is 9.50. The van der Waals surface area contributed by atoms with Gasteiger partial charge in [0.05, 0.1) is 12.6 Å². The highest BCUT2D eigenvalue weighted by molar-refractivity contribution is 9.10. The summed E-state index contributed by atoms with van der Waals surface area (Å²) >= 11 is 3.66. The molecule has 3 N–H and O–H groups in total. The van der Waals surface area contributed by atoms with Gasteiger partial charge in [0.2, 0.25) is 0 Å². The molecule has 0 saturated heterocycles. The molecule has 1 rings (SSSR count). The molecule has 0 aliphatic rings. The van der Waals surface area contributed by atoms with Crippen LogP contribution in [0.5, 0.6) is 0 Å². The molecule has 0 spiro atoms. The van der Waals surface area contributed by atoms with E-state index in [4.69, 9.17) is 5.73 Å². The Morgan fingerprint density at radius 2 is 1.76 bits per heavy atom. The summed E-state index contributed by atoms with van der Waals surface area (Å²) in [7, 11) is 0. The van der Waals surface area contributed by atoms with Crippen LogP contribution in [-0.4, -0.2) is 35.2 Å². The van der Waals surface area contributed by atoms with Crippen molar-refractivity contribution < 1.29 is 5.11 Å². The molecule has 0 fully saturated rings. The fraction of sp³-hybridized carbons (Fsp3) is 0.647. The molecule has 2 atom stereocenters. The Morgan fingerprint density at radius 1 is 1.14 bits per heavy atom. The largest absolute Gasteiger partial charge is 0.395 e. The van der Waals surface area contributed by atoms with Gasteiger partial charge in [-0.3, -0.25) is 4.90 Å². The molecular formula is C17H29BrN2O. The lowest BCUT2D eigenvalue weighted by Gasteiger charge is -2.40. The Kier molecular flexibility index (Phi) is 8.49. The molecule has 3 nitrogen and oxygen atoms in total. The minimum Gasteiger partial charge on any atom is -0.395 e. The number of halogens is 1. The van der Waals surface area contributed by atoms with Gasteiger partial charge in [0.1, 0.15) is 0 Å². The number of benzene rings is 1. The van der Waals surface area contributed by atoms with E-state index in [2.05, 4.69) is 59.8 Å². The van der Waals surface area contributed by atoms with E-state index in [1.54, 1.807) is 0 Å². The Labute approximate surface area is 137 Å². The van der Waals surface area contributed by atoms with E-state index < -0.39 is 0 Å². The molecule has 2 unspecified atom stereocenters. The third kappa shape index (κ3) is 4.78. The van der Waals surface area contributed by atoms with Gasteiger partial charge in [-0.15, -0.1) is 0 Å². The zero-order valence-electron chi connectivity index (χ0n) is 13.4. The van der Waals surface area contributed by atoms with Crippen molar-refractivity contribution >= 4 is 15.9 Å². The second kappa shape index (κ2) is 9.57. The monoisotopic (exact) mass is 356 g/mol. The van der Waals surface area contributed by atoms with Crippen LogP contribution < -0.4 is 5.73 Å². The minimum absolute atomic E-state index is 0.0517. The van der Waals surface area contributed by atoms with Crippen LogP contribution in [0.2, 0.25) is 0 Å². The maximum atomic E-state index is 9.50. The molecule has 0 radical (unpaired) electrons. The molecule has 1 aromatic rings. The molecule has 1 aromatic carbocycles. The highest BCUT2D eigenvalue weighted by Gasteiger charge is 2.30. The number of rotatable bonds is 9. The molecule has 0 heterocycles. The van der Waals surface area contributed by atoms with Crippen LogP contribution >= 0.6 is 15.9 Å². The highest BCUT2D eigenvalue weighted by Crippen LogP contribution is 2.33. The fourth-order valence-corrected chi connectivity index (χ4v) is 3.53. The Hall–Kier alpha value is -0.420. The van der Waals surface area contributed by atoms with Crippen molar-refractivity contribution in [3.63, 3.8) is 0 Å². The molecule has 0 aliphatic carbocycles. The summed E-state index contributed by atoms with van der Waals surface area (Å²) in [5.41, 5.74) is 7.67. The van der Waals surface area contributed by atoms with E-state index in [1.807, 2.05) is 6.07 Å². The topological polar surface area (TPSA) is 49.5 Å². The van der Waals surface area contributed by atoms with E-state index >= 15 is 0 Å². The molecule has 0 amide bonds. The summed E-state index contributed by atoms with van der Waals surface area (Å²) in [4.78, 5) is 2.38. The lowest BCUT2D eigenvalue weighted by Crippen LogP contribution is -2.47. The van der Waals surface area contributed by atoms with Gasteiger partial charge in [0.25, 0.3) is 0 Å². The zero-order valence-corrected chi connectivity index (χ0v) is 15.0. The van der Waals surface area contributed by atoms with Crippen LogP contribution in [0.15, 0.2) is 28.7 Å². The van der Waals surface area contributed by atoms with Crippen molar-refractivity contribution in [1.82, 2.24) is 4.90 Å². The molecule has 0 bridgehead atoms. The van der Waals surface area contributed by atoms with Gasteiger partial charge in [0.15, 0.2) is 0 Å². The first-order chi connectivity index (χ1) is 10.1. The number of nitrogens with two attached hydrogens (primary N) is 1. The van der Waals surface area contributed by atoms with Crippen molar-refractivity contribution in [2.45, 2.75) is 58.2 Å². The number of aliphatic hydroxyl groups excluding tert-OH is 1. The summed E-state index contributed by atoms with van der Waals surface area (Å²) in [6.07, 6.45) is 3.04. The second-order valence-electron chi connectivity index (χ2n) is 5.47. The third-order valence-electron chi connectivity index (χ3n) is 4.23. The smallest absolute Gasteiger partial charge is 0.0558 e. The molecular weight excluding hydrogens is 328 g/mol. The molecule has 0 aromatic heterocycles. The standard InChI is InChI=1S/C17H29BrN2O/c1-4-13(5-2)20(11-12-21)17(16(19)6-3)14-9-7-8-10-15(14)18/h7-10,13,16-17,21H,4-6,11-12,19H2,1-3H3. The first-order valence-electron chi connectivity index (χ1n) is 7.97. The Bertz CT molecular complexity index is 410. The average molecular weight is 357 g/mol. The highest BCUT2D eigenvalue weighted by atomic mass is 79.9. The van der Waals surface area contributed by atoms with Crippen LogP contribution in [0, 0.1) is 0 Å². The molecule has 120 valence electrons. The lowest BCUT2D eigenvalue weighted by atomic mass is 9.93. The van der Waals surface area contributed by atoms with Crippen LogP contribution in [0.25, 0.3) is 0 Å². The van der Waals surface area contributed by atoms with Gasteiger partial charge < -0.3 is 10.8 Å². The van der Waals surface area contributed by atoms with Crippen molar-refractivity contribution in [2.75, 3.05) is 13.2 Å². The van der Waals surface area contributed by atoms with Crippen LogP contribution in [-0.2, 0) is 0 Å². The minimum atomic E-state index is 0.0517. The van der Waals surface area contributed by atoms with Crippen molar-refractivity contribution in [1.29, 1.82) is 0 Å². The number of aliphatic hydroxyl groups is 1. The zero-order chi connectivity index (χ0) is 15.8. The van der Waals surface area contributed by atoms with E-state index in [0.717, 1.165) is 23.7 Å². The van der Waals surface area contributed by atoms with E-state index in [-0.39, 0.29) is 18.7 Å². The van der Waals surface area contributed by atoms with Crippen molar-refractivity contribution in [3.05, 3.63) is 34.3 Å². The average Bonchev–Trinajstić information content (AvgIpc) is 2.50. The summed E-state index contributed by atoms with van der Waals surface area (Å²) < 4.78 is 1.09. The normalized spacial score (nSPS) is 14.7. The second-order valence-corrected chi connectivity index (χ2v) is 6.32. The van der Waals surface area contributed by atoms with E-state index in [9.17, 15) is 5.11 Å². The predicted octanol–water partition coefficient (Wildman–Crippen LogP) is 3.71. The Balaban J connectivity index is 3.23. The Morgan fingerprint density at radius 3 is 2.24 bits per heavy atom. The molecule has 0 saturated carbocycles. The summed E-state index contributed by atoms with van der Waals surface area (Å²) in [6.45, 7) is 7.35. The van der Waals surface area contributed by atoms with Gasteiger partial charge in [-0.2, -0.15) is 0 Å². The van der Waals surface area contributed by atoms with Crippen LogP contribution in [0.4, 0.5) is 0 Å². The number of hydrogen-bond donors (Lipinski definition) is 2. The van der Waals surface area contributed by atoms with Crippen molar-refractivity contribution in [2.24, 2.45) is 5.73 Å². The molecule has 0 aliphatic heterocycles. The fourth-order valence-electron chi connectivity index (χ4n) is 3.02. The first-order valence-corrected chi connectivity index (χ1v) is 8.76. The van der Waals surface area contributed by atoms with Crippen LogP contribution in [0.3, 0.4) is 0 Å². The summed E-state index contributed by atoms with van der Waals surface area (Å²) in [5.74, 6) is 0. The van der Waals surface area contributed by atoms with Crippen LogP contribution in [0.1, 0.15) is 51.6 Å². The van der Waals surface area contributed by atoms with Gasteiger partial charge >= 0.3 is 0 Å². The number of hydrogen-bond acceptors (Lipinski definition) is 3. The van der Waals surface area contributed by atoms with Gasteiger partial charge in [0, 0.05) is 23.1 Å². The van der Waals surface area contributed by atoms with Crippen molar-refractivity contribution in [3.8, 4) is 0 Å². The third-order valence-corrected chi connectivity index (χ3v) is 4.95. The lowest BCUT2D eigenvalue weighted by molar-refractivity contribution is 0.0810. The van der Waals surface area contributed by atoms with Gasteiger partial charge in [-0.1, -0.05) is 54.9 Å². The molecule has 21 heavy (non-hydrogen) atoms. The first kappa shape index (κ1) is 18.6. The quantitative estimate of drug-likeness (QED) is 0.708. The van der Waals surface area contributed by atoms with Gasteiger partial charge in [-0.05, 0) is 30.9 Å². The van der Waals surface area contributed by atoms with E-state index in [0.29, 0.717) is 12.6 Å². The summed E-state index contributed by atoms with van der Waals surface area (Å²) in [6, 6.07) is 8.89. The number of nitrogens with zero attached hydrogens (tertiary/aromatic N) is 1. The SMILES string of the molecule is CCC(N)C(c1ccccc1Br)N(CCO)C(CC)CC. The maximum absolute atomic E-state index is 9.50. The maximum Gasteiger partial charge on any atom is 0.0558 e.